The Morgan fingerprint density at radius 1 is 1.05 bits per heavy atom. The van der Waals surface area contributed by atoms with Crippen molar-refractivity contribution in [1.29, 1.82) is 0 Å². The van der Waals surface area contributed by atoms with E-state index in [2.05, 4.69) is 17.4 Å². The van der Waals surface area contributed by atoms with Crippen LogP contribution in [0.1, 0.15) is 30.9 Å². The highest BCUT2D eigenvalue weighted by Crippen LogP contribution is 2.22. The minimum atomic E-state index is -0.301. The topological polar surface area (TPSA) is 38.3 Å². The van der Waals surface area contributed by atoms with E-state index < -0.39 is 0 Å². The highest BCUT2D eigenvalue weighted by atomic mass is 16.5. The van der Waals surface area contributed by atoms with Gasteiger partial charge in [0, 0.05) is 12.6 Å². The fraction of sp³-hybridized carbons (Fsp3) is 0.316. The third kappa shape index (κ3) is 4.43. The monoisotopic (exact) mass is 297 g/mol. The zero-order chi connectivity index (χ0) is 15.8. The summed E-state index contributed by atoms with van der Waals surface area (Å²) in [5, 5.41) is 3.44. The lowest BCUT2D eigenvalue weighted by Gasteiger charge is -2.24. The molecule has 0 heterocycles. The maximum absolute atomic E-state index is 12.3. The summed E-state index contributed by atoms with van der Waals surface area (Å²) in [6, 6.07) is 20.0. The quantitative estimate of drug-likeness (QED) is 0.795. The molecule has 1 N–H and O–H groups in total. The van der Waals surface area contributed by atoms with Gasteiger partial charge in [-0.2, -0.15) is 0 Å². The predicted octanol–water partition coefficient (Wildman–Crippen LogP) is 3.51. The van der Waals surface area contributed by atoms with Crippen LogP contribution in [0.15, 0.2) is 60.7 Å². The molecule has 2 aromatic rings. The van der Waals surface area contributed by atoms with E-state index in [0.717, 1.165) is 12.1 Å². The maximum Gasteiger partial charge on any atom is 0.314 e. The number of nitrogens with one attached hydrogen (secondary N) is 1. The van der Waals surface area contributed by atoms with E-state index in [9.17, 15) is 4.79 Å². The van der Waals surface area contributed by atoms with Crippen LogP contribution in [0.2, 0.25) is 0 Å². The minimum Gasteiger partial charge on any atom is -0.465 e. The van der Waals surface area contributed by atoms with Gasteiger partial charge in [0.1, 0.15) is 0 Å². The molecule has 0 amide bonds. The lowest BCUT2D eigenvalue weighted by atomic mass is 9.92. The number of hydrogen-bond acceptors (Lipinski definition) is 3. The van der Waals surface area contributed by atoms with Crippen LogP contribution in [0.4, 0.5) is 0 Å². The van der Waals surface area contributed by atoms with Crippen molar-refractivity contribution in [3.05, 3.63) is 71.8 Å². The Kier molecular flexibility index (Phi) is 6.16. The molecular weight excluding hydrogens is 274 g/mol. The Morgan fingerprint density at radius 2 is 1.64 bits per heavy atom. The minimum absolute atomic E-state index is 0.0124. The summed E-state index contributed by atoms with van der Waals surface area (Å²) in [6.07, 6.45) is 0. The molecule has 3 nitrogen and oxygen atoms in total. The zero-order valence-electron chi connectivity index (χ0n) is 13.2. The average molecular weight is 297 g/mol. The van der Waals surface area contributed by atoms with Crippen LogP contribution in [0.5, 0.6) is 0 Å². The fourth-order valence-corrected chi connectivity index (χ4v) is 2.51. The largest absolute Gasteiger partial charge is 0.465 e. The van der Waals surface area contributed by atoms with Gasteiger partial charge in [-0.1, -0.05) is 60.7 Å². The summed E-state index contributed by atoms with van der Waals surface area (Å²) in [5.74, 6) is -0.480. The second-order valence-corrected chi connectivity index (χ2v) is 5.30. The van der Waals surface area contributed by atoms with Crippen LogP contribution in [0.25, 0.3) is 0 Å². The first-order valence-corrected chi connectivity index (χ1v) is 7.71. The molecule has 2 unspecified atom stereocenters. The Balaban J connectivity index is 2.09. The molecule has 2 atom stereocenters. The molecule has 0 saturated carbocycles. The third-order valence-corrected chi connectivity index (χ3v) is 3.67. The summed E-state index contributed by atoms with van der Waals surface area (Å²) in [7, 11) is 0. The van der Waals surface area contributed by atoms with Crippen LogP contribution < -0.4 is 5.32 Å². The first-order valence-electron chi connectivity index (χ1n) is 7.71. The Bertz CT molecular complexity index is 569. The number of ether oxygens (including phenoxy) is 1. The average Bonchev–Trinajstić information content (AvgIpc) is 2.55. The molecule has 0 aromatic heterocycles. The molecule has 0 saturated heterocycles. The van der Waals surface area contributed by atoms with Gasteiger partial charge in [-0.25, -0.2) is 0 Å². The Hall–Kier alpha value is -2.13. The molecule has 3 heteroatoms. The predicted molar refractivity (Wildman–Crippen MR) is 88.6 cm³/mol. The first kappa shape index (κ1) is 16.2. The molecule has 0 aliphatic rings. The number of hydrogen-bond donors (Lipinski definition) is 1. The van der Waals surface area contributed by atoms with Gasteiger partial charge in [-0.15, -0.1) is 0 Å². The second kappa shape index (κ2) is 8.35. The molecule has 2 rings (SSSR count). The Morgan fingerprint density at radius 3 is 2.23 bits per heavy atom. The van der Waals surface area contributed by atoms with E-state index in [0.29, 0.717) is 6.61 Å². The molecule has 2 aromatic carbocycles. The lowest BCUT2D eigenvalue weighted by molar-refractivity contribution is -0.145. The zero-order valence-corrected chi connectivity index (χ0v) is 13.2. The maximum atomic E-state index is 12.3. The van der Waals surface area contributed by atoms with Gasteiger partial charge in [0.05, 0.1) is 12.5 Å². The van der Waals surface area contributed by atoms with E-state index in [4.69, 9.17) is 4.74 Å². The van der Waals surface area contributed by atoms with Crippen molar-refractivity contribution in [2.24, 2.45) is 0 Å². The van der Waals surface area contributed by atoms with Crippen molar-refractivity contribution in [1.82, 2.24) is 5.32 Å². The number of esters is 1. The van der Waals surface area contributed by atoms with Crippen LogP contribution in [0.3, 0.4) is 0 Å². The van der Waals surface area contributed by atoms with E-state index in [1.54, 1.807) is 0 Å². The lowest BCUT2D eigenvalue weighted by Crippen LogP contribution is -2.36. The number of carbonyl (C=O) groups excluding carboxylic acids is 1. The van der Waals surface area contributed by atoms with Gasteiger partial charge >= 0.3 is 5.97 Å². The smallest absolute Gasteiger partial charge is 0.314 e. The first-order chi connectivity index (χ1) is 10.7. The van der Waals surface area contributed by atoms with Crippen LogP contribution in [-0.2, 0) is 16.1 Å². The molecule has 0 fully saturated rings. The molecular formula is C19H23NO2. The number of carbonyl (C=O) groups is 1. The molecule has 0 radical (unpaired) electrons. The summed E-state index contributed by atoms with van der Waals surface area (Å²) < 4.78 is 5.25. The van der Waals surface area contributed by atoms with Crippen molar-refractivity contribution in [2.75, 3.05) is 6.61 Å². The summed E-state index contributed by atoms with van der Waals surface area (Å²) in [5.41, 5.74) is 2.18. The van der Waals surface area contributed by atoms with Gasteiger partial charge in [0.2, 0.25) is 0 Å². The number of rotatable bonds is 7. The van der Waals surface area contributed by atoms with Crippen molar-refractivity contribution in [3.63, 3.8) is 0 Å². The molecule has 0 spiro atoms. The van der Waals surface area contributed by atoms with Crippen LogP contribution >= 0.6 is 0 Å². The van der Waals surface area contributed by atoms with Crippen LogP contribution in [-0.4, -0.2) is 18.6 Å². The summed E-state index contributed by atoms with van der Waals surface area (Å²) in [4.78, 5) is 12.3. The third-order valence-electron chi connectivity index (χ3n) is 3.67. The molecule has 0 aliphatic heterocycles. The van der Waals surface area contributed by atoms with Crippen molar-refractivity contribution < 1.29 is 9.53 Å². The highest BCUT2D eigenvalue weighted by molar-refractivity contribution is 5.79. The molecule has 116 valence electrons. The normalized spacial score (nSPS) is 13.4. The summed E-state index contributed by atoms with van der Waals surface area (Å²) in [6.45, 7) is 4.98. The SMILES string of the molecule is CCOC(=O)C(c1ccccc1)C(C)NCc1ccccc1. The van der Waals surface area contributed by atoms with Gasteiger partial charge in [-0.3, -0.25) is 4.79 Å². The van der Waals surface area contributed by atoms with Gasteiger partial charge in [0.15, 0.2) is 0 Å². The fourth-order valence-electron chi connectivity index (χ4n) is 2.51. The molecule has 0 bridgehead atoms. The number of benzene rings is 2. The van der Waals surface area contributed by atoms with Crippen molar-refractivity contribution in [2.45, 2.75) is 32.4 Å². The highest BCUT2D eigenvalue weighted by Gasteiger charge is 2.27. The van der Waals surface area contributed by atoms with Gasteiger partial charge in [0.25, 0.3) is 0 Å². The molecule has 22 heavy (non-hydrogen) atoms. The summed E-state index contributed by atoms with van der Waals surface area (Å²) >= 11 is 0. The Labute approximate surface area is 132 Å². The van der Waals surface area contributed by atoms with Crippen molar-refractivity contribution in [3.8, 4) is 0 Å². The van der Waals surface area contributed by atoms with Gasteiger partial charge in [-0.05, 0) is 25.0 Å². The second-order valence-electron chi connectivity index (χ2n) is 5.30. The van der Waals surface area contributed by atoms with E-state index >= 15 is 0 Å². The van der Waals surface area contributed by atoms with Crippen LogP contribution in [0, 0.1) is 0 Å². The molecule has 0 aliphatic carbocycles. The van der Waals surface area contributed by atoms with Gasteiger partial charge < -0.3 is 10.1 Å². The van der Waals surface area contributed by atoms with Crippen molar-refractivity contribution >= 4 is 5.97 Å². The van der Waals surface area contributed by atoms with E-state index in [1.807, 2.05) is 62.4 Å². The van der Waals surface area contributed by atoms with E-state index in [1.165, 1.54) is 5.56 Å². The standard InChI is InChI=1S/C19H23NO2/c1-3-22-19(21)18(17-12-8-5-9-13-17)15(2)20-14-16-10-6-4-7-11-16/h4-13,15,18,20H,3,14H2,1-2H3. The van der Waals surface area contributed by atoms with E-state index in [-0.39, 0.29) is 17.9 Å².